The minimum atomic E-state index is -4.29. The van der Waals surface area contributed by atoms with Crippen LogP contribution in [-0.2, 0) is 6.18 Å². The molecule has 0 saturated heterocycles. The highest BCUT2D eigenvalue weighted by molar-refractivity contribution is 5.26. The van der Waals surface area contributed by atoms with Crippen molar-refractivity contribution in [1.29, 1.82) is 0 Å². The van der Waals surface area contributed by atoms with Gasteiger partial charge in [-0.2, -0.15) is 18.3 Å². The molecule has 5 heteroatoms. The highest BCUT2D eigenvalue weighted by Gasteiger charge is 2.35. The fourth-order valence-corrected chi connectivity index (χ4v) is 0.969. The Morgan fingerprint density at radius 1 is 1.27 bits per heavy atom. The predicted octanol–water partition coefficient (Wildman–Crippen LogP) is 2.05. The molecule has 1 heterocycles. The molecule has 1 aromatic heterocycles. The topological polar surface area (TPSA) is 28.7 Å². The molecule has 0 amide bonds. The molecule has 0 aromatic carbocycles. The van der Waals surface area contributed by atoms with E-state index < -0.39 is 11.7 Å². The molecule has 1 aromatic rings. The van der Waals surface area contributed by atoms with Gasteiger partial charge in [-0.15, -0.1) is 0 Å². The molecule has 1 N–H and O–H groups in total. The molecule has 0 aliphatic carbocycles. The lowest BCUT2D eigenvalue weighted by Crippen LogP contribution is -2.07. The van der Waals surface area contributed by atoms with Crippen molar-refractivity contribution >= 4 is 0 Å². The molecule has 0 fully saturated rings. The van der Waals surface area contributed by atoms with E-state index in [1.807, 2.05) is 0 Å². The number of alkyl halides is 3. The molecule has 11 heavy (non-hydrogen) atoms. The van der Waals surface area contributed by atoms with E-state index in [1.165, 1.54) is 13.8 Å². The van der Waals surface area contributed by atoms with E-state index in [-0.39, 0.29) is 11.4 Å². The van der Waals surface area contributed by atoms with Gasteiger partial charge in [0.05, 0.1) is 11.3 Å². The fourth-order valence-electron chi connectivity index (χ4n) is 0.969. The normalized spacial score (nSPS) is 12.1. The standard InChI is InChI=1S/C6H7F3N2/c1-3-5(6(7,8)9)4(2)11-10-3/h1-2H3,(H,10,11). The molecule has 62 valence electrons. The van der Waals surface area contributed by atoms with Crippen LogP contribution < -0.4 is 0 Å². The van der Waals surface area contributed by atoms with Gasteiger partial charge < -0.3 is 0 Å². The summed E-state index contributed by atoms with van der Waals surface area (Å²) >= 11 is 0. The number of aromatic nitrogens is 2. The van der Waals surface area contributed by atoms with Crippen LogP contribution >= 0.6 is 0 Å². The lowest BCUT2D eigenvalue weighted by atomic mass is 10.2. The van der Waals surface area contributed by atoms with Crippen LogP contribution in [0.1, 0.15) is 17.0 Å². The monoisotopic (exact) mass is 164 g/mol. The zero-order valence-electron chi connectivity index (χ0n) is 6.08. The van der Waals surface area contributed by atoms with Gasteiger partial charge in [0.2, 0.25) is 0 Å². The van der Waals surface area contributed by atoms with Gasteiger partial charge in [-0.25, -0.2) is 0 Å². The van der Waals surface area contributed by atoms with Gasteiger partial charge >= 0.3 is 6.18 Å². The van der Waals surface area contributed by atoms with Crippen LogP contribution in [0.25, 0.3) is 0 Å². The van der Waals surface area contributed by atoms with Crippen LogP contribution in [0, 0.1) is 13.8 Å². The number of halogens is 3. The highest BCUT2D eigenvalue weighted by Crippen LogP contribution is 2.32. The molecule has 0 atom stereocenters. The highest BCUT2D eigenvalue weighted by atomic mass is 19.4. The number of rotatable bonds is 0. The van der Waals surface area contributed by atoms with Crippen molar-refractivity contribution in [2.45, 2.75) is 20.0 Å². The second kappa shape index (κ2) is 2.25. The van der Waals surface area contributed by atoms with Crippen molar-refractivity contribution in [2.75, 3.05) is 0 Å². The summed E-state index contributed by atoms with van der Waals surface area (Å²) in [5.74, 6) is 0. The summed E-state index contributed by atoms with van der Waals surface area (Å²) in [4.78, 5) is 0. The minimum Gasteiger partial charge on any atom is -0.282 e. The zero-order valence-corrected chi connectivity index (χ0v) is 6.08. The van der Waals surface area contributed by atoms with E-state index in [0.29, 0.717) is 0 Å². The Balaban J connectivity index is 3.21. The lowest BCUT2D eigenvalue weighted by molar-refractivity contribution is -0.138. The van der Waals surface area contributed by atoms with Gasteiger partial charge in [0.1, 0.15) is 0 Å². The molecule has 0 saturated carbocycles. The number of nitrogens with one attached hydrogen (secondary N) is 1. The first-order chi connectivity index (χ1) is 4.93. The second-order valence-electron chi connectivity index (χ2n) is 2.31. The zero-order chi connectivity index (χ0) is 8.65. The van der Waals surface area contributed by atoms with Gasteiger partial charge in [0.25, 0.3) is 0 Å². The summed E-state index contributed by atoms with van der Waals surface area (Å²) in [5.41, 5.74) is -0.595. The average molecular weight is 164 g/mol. The third kappa shape index (κ3) is 1.36. The number of hydrogen-bond acceptors (Lipinski definition) is 1. The van der Waals surface area contributed by atoms with Crippen LogP contribution in [-0.4, -0.2) is 10.2 Å². The maximum absolute atomic E-state index is 12.1. The Bertz CT molecular complexity index is 242. The Kier molecular flexibility index (Phi) is 1.66. The minimum absolute atomic E-state index is 0.00463. The Morgan fingerprint density at radius 3 is 2.00 bits per heavy atom. The van der Waals surface area contributed by atoms with E-state index in [2.05, 4.69) is 10.2 Å². The molecule has 0 spiro atoms. The van der Waals surface area contributed by atoms with E-state index >= 15 is 0 Å². The van der Waals surface area contributed by atoms with E-state index in [0.717, 1.165) is 0 Å². The molecular weight excluding hydrogens is 157 g/mol. The molecule has 0 aliphatic heterocycles. The predicted molar refractivity (Wildman–Crippen MR) is 33.1 cm³/mol. The maximum atomic E-state index is 12.1. The van der Waals surface area contributed by atoms with Gasteiger partial charge in [-0.05, 0) is 13.8 Å². The van der Waals surface area contributed by atoms with E-state index in [9.17, 15) is 13.2 Å². The number of aryl methyl sites for hydroxylation is 2. The first-order valence-electron chi connectivity index (χ1n) is 3.01. The number of H-pyrrole nitrogens is 1. The largest absolute Gasteiger partial charge is 0.419 e. The van der Waals surface area contributed by atoms with Crippen LogP contribution in [0.3, 0.4) is 0 Å². The van der Waals surface area contributed by atoms with Crippen molar-refractivity contribution in [3.05, 3.63) is 17.0 Å². The smallest absolute Gasteiger partial charge is 0.282 e. The first kappa shape index (κ1) is 8.10. The summed E-state index contributed by atoms with van der Waals surface area (Å²) < 4.78 is 36.2. The number of hydrogen-bond donors (Lipinski definition) is 1. The van der Waals surface area contributed by atoms with Crippen molar-refractivity contribution in [3.8, 4) is 0 Å². The summed E-state index contributed by atoms with van der Waals surface area (Å²) in [7, 11) is 0. The molecule has 0 radical (unpaired) electrons. The van der Waals surface area contributed by atoms with Crippen molar-refractivity contribution < 1.29 is 13.2 Å². The van der Waals surface area contributed by atoms with Gasteiger partial charge in [0, 0.05) is 5.69 Å². The van der Waals surface area contributed by atoms with Crippen LogP contribution in [0.5, 0.6) is 0 Å². The summed E-state index contributed by atoms with van der Waals surface area (Å²) in [5, 5.41) is 5.71. The quantitative estimate of drug-likeness (QED) is 0.624. The van der Waals surface area contributed by atoms with Crippen LogP contribution in [0.4, 0.5) is 13.2 Å². The third-order valence-electron chi connectivity index (χ3n) is 1.41. The van der Waals surface area contributed by atoms with Crippen molar-refractivity contribution in [3.63, 3.8) is 0 Å². The number of nitrogens with zero attached hydrogens (tertiary/aromatic N) is 1. The Morgan fingerprint density at radius 2 is 1.82 bits per heavy atom. The van der Waals surface area contributed by atoms with E-state index in [1.54, 1.807) is 0 Å². The average Bonchev–Trinajstić information content (AvgIpc) is 2.08. The van der Waals surface area contributed by atoms with Gasteiger partial charge in [0.15, 0.2) is 0 Å². The third-order valence-corrected chi connectivity index (χ3v) is 1.41. The van der Waals surface area contributed by atoms with Crippen LogP contribution in [0.2, 0.25) is 0 Å². The summed E-state index contributed by atoms with van der Waals surface area (Å²) in [6, 6.07) is 0. The van der Waals surface area contributed by atoms with Gasteiger partial charge in [-0.3, -0.25) is 5.10 Å². The first-order valence-corrected chi connectivity index (χ1v) is 3.01. The maximum Gasteiger partial charge on any atom is 0.419 e. The second-order valence-corrected chi connectivity index (χ2v) is 2.31. The Labute approximate surface area is 61.4 Å². The molecule has 2 nitrogen and oxygen atoms in total. The molecule has 0 aliphatic rings. The van der Waals surface area contributed by atoms with E-state index in [4.69, 9.17) is 0 Å². The van der Waals surface area contributed by atoms with Crippen molar-refractivity contribution in [1.82, 2.24) is 10.2 Å². The molecule has 0 bridgehead atoms. The SMILES string of the molecule is Cc1n[nH]c(C)c1C(F)(F)F. The fraction of sp³-hybridized carbons (Fsp3) is 0.500. The summed E-state index contributed by atoms with van der Waals surface area (Å²) in [6.45, 7) is 2.68. The summed E-state index contributed by atoms with van der Waals surface area (Å²) in [6.07, 6.45) is -4.29. The lowest BCUT2D eigenvalue weighted by Gasteiger charge is -2.04. The van der Waals surface area contributed by atoms with Crippen molar-refractivity contribution in [2.24, 2.45) is 0 Å². The Hall–Kier alpha value is -1.00. The van der Waals surface area contributed by atoms with Gasteiger partial charge in [-0.1, -0.05) is 0 Å². The molecule has 0 unspecified atom stereocenters. The number of aromatic amines is 1. The molecular formula is C6H7F3N2. The van der Waals surface area contributed by atoms with Crippen LogP contribution in [0.15, 0.2) is 0 Å². The molecule has 1 rings (SSSR count).